The number of nitrogens with zero attached hydrogens (tertiary/aromatic N) is 4. The van der Waals surface area contributed by atoms with Crippen molar-refractivity contribution in [2.45, 2.75) is 51.6 Å². The highest BCUT2D eigenvalue weighted by molar-refractivity contribution is 6.06. The molecular weight excluding hydrogens is 456 g/mol. The number of hydrogen-bond acceptors (Lipinski definition) is 7. The summed E-state index contributed by atoms with van der Waals surface area (Å²) in [6.45, 7) is 6.05. The number of aromatic nitrogens is 1. The molecule has 2 bridgehead atoms. The molecule has 3 fully saturated rings. The van der Waals surface area contributed by atoms with E-state index in [1.807, 2.05) is 18.2 Å². The van der Waals surface area contributed by atoms with E-state index in [9.17, 15) is 14.4 Å². The molecule has 3 unspecified atom stereocenters. The number of ether oxygens (including phenoxy) is 1. The second-order valence-electron chi connectivity index (χ2n) is 10.7. The minimum atomic E-state index is -0.515. The van der Waals surface area contributed by atoms with E-state index >= 15 is 0 Å². The van der Waals surface area contributed by atoms with Crippen LogP contribution in [0.4, 0.5) is 5.82 Å². The number of imide groups is 1. The second-order valence-corrected chi connectivity index (χ2v) is 10.7. The molecule has 0 aromatic carbocycles. The first-order valence-electron chi connectivity index (χ1n) is 13.7. The molecule has 0 radical (unpaired) electrons. The molecule has 5 atom stereocenters. The highest BCUT2D eigenvalue weighted by Gasteiger charge is 2.56. The average Bonchev–Trinajstić information content (AvgIpc) is 3.17. The van der Waals surface area contributed by atoms with Crippen molar-refractivity contribution < 1.29 is 19.1 Å². The monoisotopic (exact) mass is 494 g/mol. The largest absolute Gasteiger partial charge is 0.459 e. The fraction of sp³-hybridized carbons (Fsp3) is 0.643. The van der Waals surface area contributed by atoms with Gasteiger partial charge >= 0.3 is 5.97 Å². The standard InChI is InChI=1S/C28H38N4O4/c1-2-3-4-8-24(33)36-22(18-30-14-16-31(17-15-30)23-7-5-6-13-29-23)19-32-27(34)25-20-9-10-21(12-11-20)26(25)28(32)35/h5-7,9-10,13,20-22,25-26H,2-4,8,11-12,14-19H2,1H3/t20?,21?,22?,25-,26+. The first kappa shape index (κ1) is 24.9. The number of fused-ring (bicyclic) bond motifs is 1. The molecule has 194 valence electrons. The van der Waals surface area contributed by atoms with Gasteiger partial charge in [-0.15, -0.1) is 0 Å². The highest BCUT2D eigenvalue weighted by atomic mass is 16.5. The van der Waals surface area contributed by atoms with Gasteiger partial charge in [0.2, 0.25) is 11.8 Å². The predicted molar refractivity (Wildman–Crippen MR) is 136 cm³/mol. The number of allylic oxidation sites excluding steroid dienone is 2. The maximum Gasteiger partial charge on any atom is 0.306 e. The zero-order valence-electron chi connectivity index (χ0n) is 21.3. The lowest BCUT2D eigenvalue weighted by molar-refractivity contribution is -0.155. The van der Waals surface area contributed by atoms with Gasteiger partial charge in [0.25, 0.3) is 0 Å². The van der Waals surface area contributed by atoms with Gasteiger partial charge in [0.05, 0.1) is 18.4 Å². The molecule has 0 N–H and O–H groups in total. The van der Waals surface area contributed by atoms with Crippen molar-refractivity contribution in [3.63, 3.8) is 0 Å². The summed E-state index contributed by atoms with van der Waals surface area (Å²) in [4.78, 5) is 49.8. The van der Waals surface area contributed by atoms with E-state index in [-0.39, 0.29) is 48.0 Å². The number of anilines is 1. The van der Waals surface area contributed by atoms with Crippen molar-refractivity contribution >= 4 is 23.6 Å². The number of likely N-dealkylation sites (tertiary alicyclic amines) is 1. The summed E-state index contributed by atoms with van der Waals surface area (Å²) in [5, 5.41) is 0. The van der Waals surface area contributed by atoms with Crippen LogP contribution in [0.5, 0.6) is 0 Å². The Morgan fingerprint density at radius 3 is 2.28 bits per heavy atom. The smallest absolute Gasteiger partial charge is 0.306 e. The molecule has 8 nitrogen and oxygen atoms in total. The highest BCUT2D eigenvalue weighted by Crippen LogP contribution is 2.49. The van der Waals surface area contributed by atoms with Crippen LogP contribution in [0.15, 0.2) is 36.5 Å². The molecule has 6 rings (SSSR count). The fourth-order valence-corrected chi connectivity index (χ4v) is 6.40. The van der Waals surface area contributed by atoms with Crippen LogP contribution in [-0.4, -0.2) is 77.9 Å². The van der Waals surface area contributed by atoms with E-state index in [0.717, 1.165) is 64.1 Å². The van der Waals surface area contributed by atoms with Crippen LogP contribution in [0.1, 0.15) is 45.4 Å². The predicted octanol–water partition coefficient (Wildman–Crippen LogP) is 2.89. The molecule has 8 heteroatoms. The molecule has 3 aliphatic carbocycles. The molecular formula is C28H38N4O4. The van der Waals surface area contributed by atoms with Crippen LogP contribution < -0.4 is 4.90 Å². The number of esters is 1. The Morgan fingerprint density at radius 2 is 1.69 bits per heavy atom. The summed E-state index contributed by atoms with van der Waals surface area (Å²) in [5.74, 6) is 0.446. The molecule has 2 amide bonds. The minimum Gasteiger partial charge on any atom is -0.459 e. The van der Waals surface area contributed by atoms with E-state index in [4.69, 9.17) is 4.74 Å². The number of carbonyl (C=O) groups is 3. The molecule has 1 saturated carbocycles. The third-order valence-corrected chi connectivity index (χ3v) is 8.33. The van der Waals surface area contributed by atoms with Crippen LogP contribution in [0, 0.1) is 23.7 Å². The topological polar surface area (TPSA) is 83.1 Å². The van der Waals surface area contributed by atoms with Crippen LogP contribution in [0.3, 0.4) is 0 Å². The number of piperazine rings is 1. The van der Waals surface area contributed by atoms with Crippen molar-refractivity contribution in [3.05, 3.63) is 36.5 Å². The van der Waals surface area contributed by atoms with Crippen molar-refractivity contribution in [2.24, 2.45) is 23.7 Å². The second kappa shape index (κ2) is 11.1. The molecule has 1 aromatic rings. The van der Waals surface area contributed by atoms with E-state index in [1.165, 1.54) is 4.90 Å². The maximum absolute atomic E-state index is 13.4. The lowest BCUT2D eigenvalue weighted by Crippen LogP contribution is -2.51. The van der Waals surface area contributed by atoms with Crippen molar-refractivity contribution in [2.75, 3.05) is 44.2 Å². The third-order valence-electron chi connectivity index (χ3n) is 8.33. The lowest BCUT2D eigenvalue weighted by Gasteiger charge is -2.38. The Kier molecular flexibility index (Phi) is 7.70. The van der Waals surface area contributed by atoms with Crippen LogP contribution in [0.25, 0.3) is 0 Å². The van der Waals surface area contributed by atoms with Crippen molar-refractivity contribution in [1.29, 1.82) is 0 Å². The van der Waals surface area contributed by atoms with Gasteiger partial charge in [0, 0.05) is 45.3 Å². The average molecular weight is 495 g/mol. The molecule has 3 heterocycles. The van der Waals surface area contributed by atoms with Crippen molar-refractivity contribution in [3.8, 4) is 0 Å². The number of unbranched alkanes of at least 4 members (excludes halogenated alkanes) is 2. The zero-order valence-corrected chi connectivity index (χ0v) is 21.3. The quantitative estimate of drug-likeness (QED) is 0.214. The van der Waals surface area contributed by atoms with Gasteiger partial charge in [-0.25, -0.2) is 4.98 Å². The molecule has 0 spiro atoms. The zero-order chi connectivity index (χ0) is 25.1. The third kappa shape index (κ3) is 5.19. The normalized spacial score (nSPS) is 28.5. The Morgan fingerprint density at radius 1 is 1.00 bits per heavy atom. The van der Waals surface area contributed by atoms with Crippen LogP contribution in [0.2, 0.25) is 0 Å². The maximum atomic E-state index is 13.4. The van der Waals surface area contributed by atoms with Crippen molar-refractivity contribution in [1.82, 2.24) is 14.8 Å². The number of rotatable bonds is 10. The first-order valence-corrected chi connectivity index (χ1v) is 13.7. The van der Waals surface area contributed by atoms with Gasteiger partial charge in [0.1, 0.15) is 11.9 Å². The Hall–Kier alpha value is -2.74. The fourth-order valence-electron chi connectivity index (χ4n) is 6.40. The minimum absolute atomic E-state index is 0.0731. The summed E-state index contributed by atoms with van der Waals surface area (Å²) in [6.07, 6.45) is 10.7. The SMILES string of the molecule is CCCCCC(=O)OC(CN1CCN(c2ccccn2)CC1)CN1C(=O)[C@@H]2C3C=CC(CC3)[C@@H]2C1=O. The van der Waals surface area contributed by atoms with Gasteiger partial charge in [-0.1, -0.05) is 38.0 Å². The van der Waals surface area contributed by atoms with Gasteiger partial charge < -0.3 is 9.64 Å². The van der Waals surface area contributed by atoms with Crippen LogP contribution >= 0.6 is 0 Å². The molecule has 2 aliphatic heterocycles. The van der Waals surface area contributed by atoms with E-state index in [0.29, 0.717) is 13.0 Å². The summed E-state index contributed by atoms with van der Waals surface area (Å²) in [5.41, 5.74) is 0. The summed E-state index contributed by atoms with van der Waals surface area (Å²) in [7, 11) is 0. The van der Waals surface area contributed by atoms with Gasteiger partial charge in [0.15, 0.2) is 0 Å². The van der Waals surface area contributed by atoms with Crippen LogP contribution in [-0.2, 0) is 19.1 Å². The Bertz CT molecular complexity index is 943. The molecule has 2 saturated heterocycles. The molecule has 1 aromatic heterocycles. The van der Waals surface area contributed by atoms with Gasteiger partial charge in [-0.05, 0) is 43.2 Å². The lowest BCUT2D eigenvalue weighted by atomic mass is 9.63. The molecule has 5 aliphatic rings. The molecule has 36 heavy (non-hydrogen) atoms. The number of amides is 2. The number of pyridine rings is 1. The van der Waals surface area contributed by atoms with Gasteiger partial charge in [-0.2, -0.15) is 0 Å². The first-order chi connectivity index (χ1) is 17.5. The summed E-state index contributed by atoms with van der Waals surface area (Å²) < 4.78 is 5.92. The number of hydrogen-bond donors (Lipinski definition) is 0. The van der Waals surface area contributed by atoms with Gasteiger partial charge in [-0.3, -0.25) is 24.2 Å². The summed E-state index contributed by atoms with van der Waals surface area (Å²) >= 11 is 0. The van der Waals surface area contributed by atoms with E-state index < -0.39 is 6.10 Å². The van der Waals surface area contributed by atoms with E-state index in [1.54, 1.807) is 6.20 Å². The Labute approximate surface area is 213 Å². The number of carbonyl (C=O) groups excluding carboxylic acids is 3. The summed E-state index contributed by atoms with van der Waals surface area (Å²) in [6, 6.07) is 5.92. The Balaban J connectivity index is 1.23. The van der Waals surface area contributed by atoms with E-state index in [2.05, 4.69) is 33.9 Å².